The average molecular weight is 696 g/mol. The molecule has 0 aliphatic heterocycles. The zero-order chi connectivity index (χ0) is 35.6. The summed E-state index contributed by atoms with van der Waals surface area (Å²) in [4.78, 5) is 0. The Morgan fingerprint density at radius 3 is 2.02 bits per heavy atom. The number of benzene rings is 7. The van der Waals surface area contributed by atoms with Crippen LogP contribution < -0.4 is 15.6 Å². The van der Waals surface area contributed by atoms with Gasteiger partial charge < -0.3 is 4.57 Å². The summed E-state index contributed by atoms with van der Waals surface area (Å²) in [6, 6.07) is 64.3. The minimum absolute atomic E-state index is 0.00913. The predicted molar refractivity (Wildman–Crippen MR) is 228 cm³/mol. The summed E-state index contributed by atoms with van der Waals surface area (Å²) in [6.45, 7) is 4.72. The van der Waals surface area contributed by atoms with E-state index in [0.717, 1.165) is 6.42 Å². The first-order chi connectivity index (χ1) is 26.0. The Balaban J connectivity index is 1.22. The van der Waals surface area contributed by atoms with Gasteiger partial charge in [0.25, 0.3) is 0 Å². The van der Waals surface area contributed by atoms with Gasteiger partial charge in [0.05, 0.1) is 11.0 Å². The van der Waals surface area contributed by atoms with Gasteiger partial charge in [0.1, 0.15) is 0 Å². The van der Waals surface area contributed by atoms with Crippen LogP contribution >= 0.6 is 0 Å². The molecule has 0 saturated carbocycles. The van der Waals surface area contributed by atoms with Crippen LogP contribution in [0.25, 0.3) is 49.7 Å². The van der Waals surface area contributed by atoms with E-state index >= 15 is 0 Å². The molecule has 53 heavy (non-hydrogen) atoms. The van der Waals surface area contributed by atoms with Crippen LogP contribution in [0, 0.1) is 0 Å². The van der Waals surface area contributed by atoms with Crippen molar-refractivity contribution in [2.45, 2.75) is 31.2 Å². The van der Waals surface area contributed by atoms with E-state index in [-0.39, 0.29) is 5.41 Å². The van der Waals surface area contributed by atoms with Gasteiger partial charge in [-0.15, -0.1) is 0 Å². The molecule has 2 aliphatic rings. The summed E-state index contributed by atoms with van der Waals surface area (Å²) in [5, 5.41) is 6.93. The zero-order valence-electron chi connectivity index (χ0n) is 30.2. The first kappa shape index (κ1) is 31.7. The zero-order valence-corrected chi connectivity index (χ0v) is 31.2. The molecule has 7 aromatic carbocycles. The van der Waals surface area contributed by atoms with Gasteiger partial charge in [-0.2, -0.15) is 0 Å². The Kier molecular flexibility index (Phi) is 7.38. The maximum absolute atomic E-state index is 2.71. The van der Waals surface area contributed by atoms with E-state index in [0.29, 0.717) is 5.54 Å². The average Bonchev–Trinajstić information content (AvgIpc) is 3.67. The van der Waals surface area contributed by atoms with Crippen molar-refractivity contribution in [3.63, 3.8) is 0 Å². The number of aromatic nitrogens is 1. The Morgan fingerprint density at radius 1 is 0.509 bits per heavy atom. The molecule has 8 aromatic rings. The van der Waals surface area contributed by atoms with Crippen molar-refractivity contribution in [2.75, 3.05) is 0 Å². The van der Waals surface area contributed by atoms with E-state index in [4.69, 9.17) is 0 Å². The van der Waals surface area contributed by atoms with Crippen LogP contribution in [0.4, 0.5) is 0 Å². The number of nitrogens with zero attached hydrogens (tertiary/aromatic N) is 1. The Labute approximate surface area is 313 Å². The topological polar surface area (TPSA) is 4.93 Å². The molecule has 10 rings (SSSR count). The lowest BCUT2D eigenvalue weighted by Crippen LogP contribution is -2.69. The van der Waals surface area contributed by atoms with Crippen molar-refractivity contribution in [3.05, 3.63) is 205 Å². The van der Waals surface area contributed by atoms with Crippen molar-refractivity contribution < 1.29 is 0 Å². The number of hydrogen-bond donors (Lipinski definition) is 0. The predicted octanol–water partition coefficient (Wildman–Crippen LogP) is 11.1. The monoisotopic (exact) mass is 695 g/mol. The van der Waals surface area contributed by atoms with Crippen LogP contribution in [0.2, 0.25) is 5.54 Å². The van der Waals surface area contributed by atoms with Crippen molar-refractivity contribution in [2.24, 2.45) is 0 Å². The molecule has 2 aliphatic carbocycles. The first-order valence-corrected chi connectivity index (χ1v) is 21.0. The highest BCUT2D eigenvalue weighted by Gasteiger charge is 2.46. The number of hydrogen-bond acceptors (Lipinski definition) is 0. The van der Waals surface area contributed by atoms with E-state index in [2.05, 4.69) is 213 Å². The van der Waals surface area contributed by atoms with Crippen LogP contribution in [0.5, 0.6) is 0 Å². The van der Waals surface area contributed by atoms with Crippen molar-refractivity contribution in [3.8, 4) is 27.9 Å². The fraction of sp³-hybridized carbons (Fsp3) is 0.0980. The molecule has 0 fully saturated rings. The third kappa shape index (κ3) is 4.82. The minimum Gasteiger partial charge on any atom is -0.309 e. The molecule has 0 N–H and O–H groups in total. The van der Waals surface area contributed by atoms with Gasteiger partial charge in [-0.3, -0.25) is 0 Å². The van der Waals surface area contributed by atoms with Crippen LogP contribution in [-0.4, -0.2) is 12.6 Å². The van der Waals surface area contributed by atoms with Crippen LogP contribution in [0.3, 0.4) is 0 Å². The van der Waals surface area contributed by atoms with Gasteiger partial charge in [0.2, 0.25) is 0 Å². The molecular formula is C51H41NSi. The summed E-state index contributed by atoms with van der Waals surface area (Å²) in [6.07, 6.45) is 10.4. The van der Waals surface area contributed by atoms with Gasteiger partial charge in [0.15, 0.2) is 8.07 Å². The van der Waals surface area contributed by atoms with E-state index in [1.807, 2.05) is 0 Å². The van der Waals surface area contributed by atoms with E-state index in [1.165, 1.54) is 76.4 Å². The second kappa shape index (κ2) is 12.3. The van der Waals surface area contributed by atoms with Crippen molar-refractivity contribution in [1.29, 1.82) is 0 Å². The van der Waals surface area contributed by atoms with Crippen LogP contribution in [-0.2, 0) is 5.41 Å². The summed E-state index contributed by atoms with van der Waals surface area (Å²) < 4.78 is 2.43. The standard InChI is InChI=1S/C51H41NSi/c1-51(2)47-27-14-12-25-43(47)45-34-37(29-31-48(45)51)36-17-16-24-41(33-36)53(39-20-8-4-9-21-39,40-22-10-5-11-23-40)42-30-32-50-46(35-42)44-26-13-15-28-49(44)52(50)38-18-6-3-7-19-38/h3-22,24-35,40H,23H2,1-2H3. The lowest BCUT2D eigenvalue weighted by Gasteiger charge is -2.40. The first-order valence-electron chi connectivity index (χ1n) is 18.9. The van der Waals surface area contributed by atoms with Crippen LogP contribution in [0.15, 0.2) is 194 Å². The van der Waals surface area contributed by atoms with Crippen LogP contribution in [0.1, 0.15) is 31.4 Å². The Bertz CT molecular complexity index is 2730. The van der Waals surface area contributed by atoms with Gasteiger partial charge in [-0.05, 0) is 91.2 Å². The second-order valence-electron chi connectivity index (χ2n) is 15.3. The smallest absolute Gasteiger partial charge is 0.155 e. The summed E-state index contributed by atoms with van der Waals surface area (Å²) >= 11 is 0. The summed E-state index contributed by atoms with van der Waals surface area (Å²) in [5.74, 6) is 0. The third-order valence-corrected chi connectivity index (χ3v) is 17.4. The quantitative estimate of drug-likeness (QED) is 0.121. The molecular weight excluding hydrogens is 655 g/mol. The Hall–Kier alpha value is -5.96. The summed E-state index contributed by atoms with van der Waals surface area (Å²) in [7, 11) is -2.71. The highest BCUT2D eigenvalue weighted by molar-refractivity contribution is 7.12. The molecule has 2 atom stereocenters. The minimum atomic E-state index is -2.71. The molecule has 2 unspecified atom stereocenters. The molecule has 0 radical (unpaired) electrons. The van der Waals surface area contributed by atoms with E-state index in [9.17, 15) is 0 Å². The SMILES string of the molecule is CC1(C)c2ccccc2-c2cc(-c3cccc([Si](c4ccccc4)(c4ccc5c(c4)c4ccccc4n5-c4ccccc4)C4C=CC=CC4)c3)ccc21. The summed E-state index contributed by atoms with van der Waals surface area (Å²) in [5.41, 5.74) is 12.1. The normalized spacial score (nSPS) is 16.8. The van der Waals surface area contributed by atoms with Gasteiger partial charge in [-0.25, -0.2) is 0 Å². The second-order valence-corrected chi connectivity index (χ2v) is 19.4. The molecule has 0 saturated heterocycles. The maximum atomic E-state index is 2.56. The van der Waals surface area contributed by atoms with Crippen molar-refractivity contribution >= 4 is 45.4 Å². The Morgan fingerprint density at radius 2 is 1.19 bits per heavy atom. The van der Waals surface area contributed by atoms with Gasteiger partial charge in [0, 0.05) is 21.9 Å². The molecule has 1 nitrogen and oxygen atoms in total. The highest BCUT2D eigenvalue weighted by Crippen LogP contribution is 2.49. The number of allylic oxidation sites excluding steroid dienone is 4. The fourth-order valence-electron chi connectivity index (χ4n) is 9.66. The molecule has 254 valence electrons. The fourth-order valence-corrected chi connectivity index (χ4v) is 15.0. The maximum Gasteiger partial charge on any atom is 0.155 e. The lowest BCUT2D eigenvalue weighted by molar-refractivity contribution is 0.660. The molecule has 0 amide bonds. The largest absolute Gasteiger partial charge is 0.309 e. The molecule has 0 spiro atoms. The van der Waals surface area contributed by atoms with Gasteiger partial charge in [-0.1, -0.05) is 178 Å². The molecule has 1 heterocycles. The number of para-hydroxylation sites is 2. The lowest BCUT2D eigenvalue weighted by atomic mass is 9.82. The molecule has 1 aromatic heterocycles. The number of rotatable bonds is 6. The number of fused-ring (bicyclic) bond motifs is 6. The van der Waals surface area contributed by atoms with Crippen molar-refractivity contribution in [1.82, 2.24) is 4.57 Å². The van der Waals surface area contributed by atoms with Gasteiger partial charge >= 0.3 is 0 Å². The van der Waals surface area contributed by atoms with E-state index in [1.54, 1.807) is 0 Å². The highest BCUT2D eigenvalue weighted by atomic mass is 28.3. The molecule has 0 bridgehead atoms. The molecule has 2 heteroatoms. The van der Waals surface area contributed by atoms with E-state index < -0.39 is 8.07 Å². The third-order valence-electron chi connectivity index (χ3n) is 12.1.